The molecule has 5 nitrogen and oxygen atoms in total. The second kappa shape index (κ2) is 8.82. The quantitative estimate of drug-likeness (QED) is 0.792. The number of amides is 2. The van der Waals surface area contributed by atoms with E-state index in [1.54, 1.807) is 16.9 Å². The lowest BCUT2D eigenvalue weighted by Crippen LogP contribution is -2.50. The number of nitrogens with zero attached hydrogens (tertiary/aromatic N) is 2. The molecule has 0 spiro atoms. The van der Waals surface area contributed by atoms with Gasteiger partial charge in [-0.25, -0.2) is 8.78 Å². The Kier molecular flexibility index (Phi) is 6.23. The molecule has 3 rings (SSSR count). The number of carbonyl (C=O) groups is 2. The van der Waals surface area contributed by atoms with E-state index < -0.39 is 11.6 Å². The van der Waals surface area contributed by atoms with E-state index in [2.05, 4.69) is 0 Å². The third kappa shape index (κ3) is 4.65. The number of halogens is 2. The molecular formula is C21H22F2N2O3. The predicted octanol–water partition coefficient (Wildman–Crippen LogP) is 2.89. The number of benzene rings is 2. The minimum absolute atomic E-state index is 0.0303. The Morgan fingerprint density at radius 1 is 0.964 bits per heavy atom. The smallest absolute Gasteiger partial charge is 0.254 e. The lowest BCUT2D eigenvalue weighted by molar-refractivity contribution is -0.132. The minimum atomic E-state index is -1.04. The maximum absolute atomic E-state index is 13.3. The predicted molar refractivity (Wildman–Crippen MR) is 100 cm³/mol. The molecule has 1 heterocycles. The molecule has 0 saturated carbocycles. The first-order chi connectivity index (χ1) is 13.5. The van der Waals surface area contributed by atoms with Gasteiger partial charge in [-0.1, -0.05) is 12.1 Å². The molecule has 1 aliphatic heterocycles. The average Bonchev–Trinajstić information content (AvgIpc) is 2.73. The molecule has 7 heteroatoms. The van der Waals surface area contributed by atoms with Crippen LogP contribution in [0.15, 0.2) is 42.5 Å². The SMILES string of the molecule is COc1cccc(CCC(=O)N2CCN(C(=O)c3ccc(F)c(F)c3)CC2)c1. The van der Waals surface area contributed by atoms with Crippen LogP contribution in [0.25, 0.3) is 0 Å². The molecule has 2 aromatic rings. The zero-order valence-corrected chi connectivity index (χ0v) is 15.7. The zero-order chi connectivity index (χ0) is 20.1. The van der Waals surface area contributed by atoms with E-state index in [1.807, 2.05) is 24.3 Å². The molecule has 0 aromatic heterocycles. The lowest BCUT2D eigenvalue weighted by atomic mass is 10.1. The van der Waals surface area contributed by atoms with E-state index >= 15 is 0 Å². The fraction of sp³-hybridized carbons (Fsp3) is 0.333. The van der Waals surface area contributed by atoms with Crippen LogP contribution in [0, 0.1) is 11.6 Å². The van der Waals surface area contributed by atoms with Crippen LogP contribution < -0.4 is 4.74 Å². The summed E-state index contributed by atoms with van der Waals surface area (Å²) in [4.78, 5) is 28.2. The second-order valence-corrected chi connectivity index (χ2v) is 6.65. The molecule has 0 bridgehead atoms. The van der Waals surface area contributed by atoms with Crippen LogP contribution in [0.4, 0.5) is 8.78 Å². The van der Waals surface area contributed by atoms with E-state index in [1.165, 1.54) is 6.07 Å². The molecule has 0 radical (unpaired) electrons. The van der Waals surface area contributed by atoms with Crippen LogP contribution in [0.2, 0.25) is 0 Å². The van der Waals surface area contributed by atoms with Gasteiger partial charge in [0.15, 0.2) is 11.6 Å². The molecule has 28 heavy (non-hydrogen) atoms. The number of piperazine rings is 1. The third-order valence-corrected chi connectivity index (χ3v) is 4.85. The van der Waals surface area contributed by atoms with Gasteiger partial charge in [0.2, 0.25) is 5.91 Å². The van der Waals surface area contributed by atoms with Gasteiger partial charge < -0.3 is 14.5 Å². The summed E-state index contributed by atoms with van der Waals surface area (Å²) >= 11 is 0. The Morgan fingerprint density at radius 2 is 1.68 bits per heavy atom. The highest BCUT2D eigenvalue weighted by Gasteiger charge is 2.25. The molecule has 0 unspecified atom stereocenters. The van der Waals surface area contributed by atoms with Gasteiger partial charge in [-0.05, 0) is 42.3 Å². The summed E-state index contributed by atoms with van der Waals surface area (Å²) in [6.07, 6.45) is 0.994. The molecular weight excluding hydrogens is 366 g/mol. The van der Waals surface area contributed by atoms with Gasteiger partial charge >= 0.3 is 0 Å². The lowest BCUT2D eigenvalue weighted by Gasteiger charge is -2.35. The van der Waals surface area contributed by atoms with Gasteiger partial charge in [0.05, 0.1) is 7.11 Å². The Morgan fingerprint density at radius 3 is 2.36 bits per heavy atom. The van der Waals surface area contributed by atoms with E-state index in [0.717, 1.165) is 23.4 Å². The van der Waals surface area contributed by atoms with Gasteiger partial charge in [-0.2, -0.15) is 0 Å². The van der Waals surface area contributed by atoms with Gasteiger partial charge in [0, 0.05) is 38.2 Å². The number of ether oxygens (including phenoxy) is 1. The van der Waals surface area contributed by atoms with Crippen molar-refractivity contribution in [3.05, 3.63) is 65.2 Å². The number of hydrogen-bond donors (Lipinski definition) is 0. The van der Waals surface area contributed by atoms with Gasteiger partial charge in [-0.3, -0.25) is 9.59 Å². The van der Waals surface area contributed by atoms with E-state index in [-0.39, 0.29) is 17.4 Å². The molecule has 0 N–H and O–H groups in total. The van der Waals surface area contributed by atoms with Crippen LogP contribution in [-0.2, 0) is 11.2 Å². The van der Waals surface area contributed by atoms with Crippen molar-refractivity contribution >= 4 is 11.8 Å². The highest BCUT2D eigenvalue weighted by atomic mass is 19.2. The summed E-state index contributed by atoms with van der Waals surface area (Å²) in [5.74, 6) is -1.60. The maximum Gasteiger partial charge on any atom is 0.254 e. The number of carbonyl (C=O) groups excluding carboxylic acids is 2. The second-order valence-electron chi connectivity index (χ2n) is 6.65. The molecule has 1 saturated heterocycles. The van der Waals surface area contributed by atoms with Crippen molar-refractivity contribution < 1.29 is 23.1 Å². The zero-order valence-electron chi connectivity index (χ0n) is 15.7. The van der Waals surface area contributed by atoms with Crippen molar-refractivity contribution in [1.82, 2.24) is 9.80 Å². The maximum atomic E-state index is 13.3. The first kappa shape index (κ1) is 19.8. The summed E-state index contributed by atoms with van der Waals surface area (Å²) in [6.45, 7) is 1.57. The summed E-state index contributed by atoms with van der Waals surface area (Å²) in [6, 6.07) is 10.7. The molecule has 0 atom stereocenters. The molecule has 2 aromatic carbocycles. The summed E-state index contributed by atoms with van der Waals surface area (Å²) < 4.78 is 31.6. The fourth-order valence-electron chi connectivity index (χ4n) is 3.21. The van der Waals surface area contributed by atoms with Crippen LogP contribution in [0.1, 0.15) is 22.3 Å². The van der Waals surface area contributed by atoms with Crippen molar-refractivity contribution in [2.45, 2.75) is 12.8 Å². The van der Waals surface area contributed by atoms with Crippen LogP contribution >= 0.6 is 0 Å². The van der Waals surface area contributed by atoms with Crippen molar-refractivity contribution in [3.8, 4) is 5.75 Å². The molecule has 148 valence electrons. The minimum Gasteiger partial charge on any atom is -0.497 e. The topological polar surface area (TPSA) is 49.9 Å². The Labute approximate surface area is 162 Å². The van der Waals surface area contributed by atoms with Crippen molar-refractivity contribution in [2.24, 2.45) is 0 Å². The van der Waals surface area contributed by atoms with Crippen molar-refractivity contribution in [3.63, 3.8) is 0 Å². The van der Waals surface area contributed by atoms with Crippen molar-refractivity contribution in [1.29, 1.82) is 0 Å². The Hall–Kier alpha value is -2.96. The van der Waals surface area contributed by atoms with Gasteiger partial charge in [0.1, 0.15) is 5.75 Å². The normalized spacial score (nSPS) is 14.1. The Balaban J connectivity index is 1.50. The van der Waals surface area contributed by atoms with E-state index in [4.69, 9.17) is 4.74 Å². The fourth-order valence-corrected chi connectivity index (χ4v) is 3.21. The van der Waals surface area contributed by atoms with E-state index in [9.17, 15) is 18.4 Å². The van der Waals surface area contributed by atoms with Crippen LogP contribution in [0.5, 0.6) is 5.75 Å². The average molecular weight is 388 g/mol. The largest absolute Gasteiger partial charge is 0.497 e. The van der Waals surface area contributed by atoms with Crippen LogP contribution in [0.3, 0.4) is 0 Å². The number of aryl methyl sites for hydroxylation is 1. The molecule has 2 amide bonds. The first-order valence-corrected chi connectivity index (χ1v) is 9.13. The monoisotopic (exact) mass is 388 g/mol. The van der Waals surface area contributed by atoms with E-state index in [0.29, 0.717) is 39.0 Å². The third-order valence-electron chi connectivity index (χ3n) is 4.85. The summed E-state index contributed by atoms with van der Waals surface area (Å²) in [5.41, 5.74) is 1.14. The Bertz CT molecular complexity index is 864. The number of methoxy groups -OCH3 is 1. The highest BCUT2D eigenvalue weighted by Crippen LogP contribution is 2.16. The standard InChI is InChI=1S/C21H22F2N2O3/c1-28-17-4-2-3-15(13-17)5-8-20(26)24-9-11-25(12-10-24)21(27)16-6-7-18(22)19(23)14-16/h2-4,6-7,13-14H,5,8-12H2,1H3. The molecule has 1 aliphatic rings. The van der Waals surface area contributed by atoms with Gasteiger partial charge in [-0.15, -0.1) is 0 Å². The molecule has 1 fully saturated rings. The van der Waals surface area contributed by atoms with Crippen LogP contribution in [-0.4, -0.2) is 54.9 Å². The summed E-state index contributed by atoms with van der Waals surface area (Å²) in [5, 5.41) is 0. The van der Waals surface area contributed by atoms with Gasteiger partial charge in [0.25, 0.3) is 5.91 Å². The number of rotatable bonds is 5. The first-order valence-electron chi connectivity index (χ1n) is 9.13. The summed E-state index contributed by atoms with van der Waals surface area (Å²) in [7, 11) is 1.60. The molecule has 0 aliphatic carbocycles. The van der Waals surface area contributed by atoms with Crippen molar-refractivity contribution in [2.75, 3.05) is 33.3 Å². The highest BCUT2D eigenvalue weighted by molar-refractivity contribution is 5.94. The number of hydrogen-bond acceptors (Lipinski definition) is 3.